The van der Waals surface area contributed by atoms with Crippen LogP contribution < -0.4 is 0 Å². The highest BCUT2D eigenvalue weighted by Gasteiger charge is 2.30. The van der Waals surface area contributed by atoms with Gasteiger partial charge in [0.25, 0.3) is 0 Å². The number of rotatable bonds is 6. The Morgan fingerprint density at radius 3 is 2.63 bits per heavy atom. The highest BCUT2D eigenvalue weighted by atomic mass is 79.9. The second kappa shape index (κ2) is 7.38. The number of ether oxygens (including phenoxy) is 1. The molecule has 0 fully saturated rings. The lowest BCUT2D eigenvalue weighted by Gasteiger charge is -2.14. The van der Waals surface area contributed by atoms with E-state index in [2.05, 4.69) is 20.7 Å². The maximum absolute atomic E-state index is 13.7. The molecule has 1 rings (SSSR count). The highest BCUT2D eigenvalue weighted by Crippen LogP contribution is 2.25. The average Bonchev–Trinajstić information content (AvgIpc) is 2.38. The predicted octanol–water partition coefficient (Wildman–Crippen LogP) is 3.75. The summed E-state index contributed by atoms with van der Waals surface area (Å²) in [6.45, 7) is 1.96. The first-order valence-electron chi connectivity index (χ1n) is 6.09. The van der Waals surface area contributed by atoms with Gasteiger partial charge in [0.05, 0.1) is 12.7 Å². The number of carbonyl (C=O) groups is 2. The first-order chi connectivity index (χ1) is 9.02. The van der Waals surface area contributed by atoms with Gasteiger partial charge in [-0.3, -0.25) is 9.59 Å². The third-order valence-corrected chi connectivity index (χ3v) is 3.52. The van der Waals surface area contributed by atoms with Crippen LogP contribution in [0.15, 0.2) is 22.7 Å². The van der Waals surface area contributed by atoms with Crippen LogP contribution in [-0.2, 0) is 9.53 Å². The van der Waals surface area contributed by atoms with Crippen LogP contribution in [-0.4, -0.2) is 18.9 Å². The predicted molar refractivity (Wildman–Crippen MR) is 73.5 cm³/mol. The molecular formula is C14H16BrFO3. The van der Waals surface area contributed by atoms with E-state index < -0.39 is 23.5 Å². The maximum Gasteiger partial charge on any atom is 0.316 e. The van der Waals surface area contributed by atoms with Gasteiger partial charge >= 0.3 is 5.97 Å². The molecule has 3 nitrogen and oxygen atoms in total. The van der Waals surface area contributed by atoms with E-state index in [0.29, 0.717) is 17.3 Å². The number of unbranched alkanes of at least 4 members (excludes halogenated alkanes) is 1. The number of methoxy groups -OCH3 is 1. The summed E-state index contributed by atoms with van der Waals surface area (Å²) in [7, 11) is 1.23. The van der Waals surface area contributed by atoms with Crippen molar-refractivity contribution in [3.05, 3.63) is 34.1 Å². The molecular weight excluding hydrogens is 315 g/mol. The molecule has 1 aromatic carbocycles. The van der Waals surface area contributed by atoms with Crippen molar-refractivity contribution >= 4 is 27.7 Å². The zero-order chi connectivity index (χ0) is 14.4. The maximum atomic E-state index is 13.7. The molecule has 5 heteroatoms. The number of esters is 1. The summed E-state index contributed by atoms with van der Waals surface area (Å²) in [5.41, 5.74) is -0.0889. The van der Waals surface area contributed by atoms with E-state index >= 15 is 0 Å². The fourth-order valence-electron chi connectivity index (χ4n) is 1.81. The molecule has 104 valence electrons. The van der Waals surface area contributed by atoms with Crippen molar-refractivity contribution < 1.29 is 18.7 Å². The summed E-state index contributed by atoms with van der Waals surface area (Å²) in [6.07, 6.45) is 1.92. The fraction of sp³-hybridized carbons (Fsp3) is 0.429. The highest BCUT2D eigenvalue weighted by molar-refractivity contribution is 9.10. The van der Waals surface area contributed by atoms with Gasteiger partial charge in [0.15, 0.2) is 5.78 Å². The molecule has 0 saturated heterocycles. The molecule has 0 bridgehead atoms. The van der Waals surface area contributed by atoms with Crippen molar-refractivity contribution in [3.63, 3.8) is 0 Å². The van der Waals surface area contributed by atoms with Crippen LogP contribution in [0, 0.1) is 11.7 Å². The second-order valence-electron chi connectivity index (χ2n) is 4.18. The minimum Gasteiger partial charge on any atom is -0.468 e. The number of hydrogen-bond donors (Lipinski definition) is 0. The summed E-state index contributed by atoms with van der Waals surface area (Å²) < 4.78 is 18.7. The van der Waals surface area contributed by atoms with Crippen molar-refractivity contribution in [1.29, 1.82) is 0 Å². The van der Waals surface area contributed by atoms with Gasteiger partial charge in [-0.25, -0.2) is 4.39 Å². The van der Waals surface area contributed by atoms with Gasteiger partial charge in [-0.1, -0.05) is 25.8 Å². The number of carbonyl (C=O) groups excluding carboxylic acids is 2. The van der Waals surface area contributed by atoms with Crippen LogP contribution in [0.1, 0.15) is 36.5 Å². The molecule has 0 heterocycles. The molecule has 1 atom stereocenters. The van der Waals surface area contributed by atoms with Gasteiger partial charge in [0.1, 0.15) is 11.7 Å². The number of ketones is 1. The third kappa shape index (κ3) is 3.86. The SMILES string of the molecule is CCCCC(C(=O)OC)C(=O)c1c(F)cccc1Br. The number of halogens is 2. The van der Waals surface area contributed by atoms with E-state index in [4.69, 9.17) is 0 Å². The summed E-state index contributed by atoms with van der Waals surface area (Å²) in [6, 6.07) is 4.27. The van der Waals surface area contributed by atoms with E-state index in [-0.39, 0.29) is 5.56 Å². The first kappa shape index (κ1) is 15.8. The summed E-state index contributed by atoms with van der Waals surface area (Å²) in [5, 5.41) is 0. The fourth-order valence-corrected chi connectivity index (χ4v) is 2.35. The topological polar surface area (TPSA) is 43.4 Å². The molecule has 19 heavy (non-hydrogen) atoms. The minimum atomic E-state index is -0.946. The molecule has 0 aliphatic rings. The molecule has 1 aromatic rings. The number of Topliss-reactive ketones (excluding diaryl/α,β-unsaturated/α-hetero) is 1. The van der Waals surface area contributed by atoms with Crippen LogP contribution in [0.3, 0.4) is 0 Å². The van der Waals surface area contributed by atoms with E-state index in [0.717, 1.165) is 6.42 Å². The lowest BCUT2D eigenvalue weighted by atomic mass is 9.92. The van der Waals surface area contributed by atoms with E-state index in [1.165, 1.54) is 19.2 Å². The van der Waals surface area contributed by atoms with E-state index in [9.17, 15) is 14.0 Å². The van der Waals surface area contributed by atoms with Crippen LogP contribution in [0.2, 0.25) is 0 Å². The Morgan fingerprint density at radius 1 is 1.42 bits per heavy atom. The normalized spacial score (nSPS) is 12.0. The van der Waals surface area contributed by atoms with Crippen molar-refractivity contribution in [3.8, 4) is 0 Å². The van der Waals surface area contributed by atoms with Gasteiger partial charge in [0, 0.05) is 4.47 Å². The Kier molecular flexibility index (Phi) is 6.15. The lowest BCUT2D eigenvalue weighted by Crippen LogP contribution is -2.26. The zero-order valence-electron chi connectivity index (χ0n) is 10.9. The van der Waals surface area contributed by atoms with E-state index in [1.54, 1.807) is 6.07 Å². The standard InChI is InChI=1S/C14H16BrFO3/c1-3-4-6-9(14(18)19-2)13(17)12-10(15)7-5-8-11(12)16/h5,7-9H,3-4,6H2,1-2H3. The van der Waals surface area contributed by atoms with E-state index in [1.807, 2.05) is 6.92 Å². The van der Waals surface area contributed by atoms with Crippen LogP contribution in [0.4, 0.5) is 4.39 Å². The van der Waals surface area contributed by atoms with Gasteiger partial charge < -0.3 is 4.74 Å². The van der Waals surface area contributed by atoms with Gasteiger partial charge in [-0.2, -0.15) is 0 Å². The van der Waals surface area contributed by atoms with Gasteiger partial charge in [0.2, 0.25) is 0 Å². The summed E-state index contributed by atoms with van der Waals surface area (Å²) in [5.74, 6) is -2.73. The molecule has 1 unspecified atom stereocenters. The Hall–Kier alpha value is -1.23. The number of hydrogen-bond acceptors (Lipinski definition) is 3. The molecule has 0 spiro atoms. The first-order valence-corrected chi connectivity index (χ1v) is 6.88. The quantitative estimate of drug-likeness (QED) is 0.453. The van der Waals surface area contributed by atoms with Crippen molar-refractivity contribution in [2.75, 3.05) is 7.11 Å². The smallest absolute Gasteiger partial charge is 0.316 e. The van der Waals surface area contributed by atoms with Gasteiger partial charge in [-0.15, -0.1) is 0 Å². The van der Waals surface area contributed by atoms with Gasteiger partial charge in [-0.05, 0) is 34.5 Å². The third-order valence-electron chi connectivity index (χ3n) is 2.86. The molecule has 0 aromatic heterocycles. The van der Waals surface area contributed by atoms with Crippen molar-refractivity contribution in [2.24, 2.45) is 5.92 Å². The van der Waals surface area contributed by atoms with Crippen molar-refractivity contribution in [1.82, 2.24) is 0 Å². The largest absolute Gasteiger partial charge is 0.468 e. The second-order valence-corrected chi connectivity index (χ2v) is 5.03. The number of benzene rings is 1. The van der Waals surface area contributed by atoms with Crippen LogP contribution in [0.5, 0.6) is 0 Å². The lowest BCUT2D eigenvalue weighted by molar-refractivity contribution is -0.143. The Balaban J connectivity index is 3.08. The summed E-state index contributed by atoms with van der Waals surface area (Å²) >= 11 is 3.14. The molecule has 0 saturated carbocycles. The molecule has 0 radical (unpaired) electrons. The minimum absolute atomic E-state index is 0.0889. The molecule has 0 N–H and O–H groups in total. The Labute approximate surface area is 120 Å². The van der Waals surface area contributed by atoms with Crippen molar-refractivity contribution in [2.45, 2.75) is 26.2 Å². The van der Waals surface area contributed by atoms with Crippen LogP contribution >= 0.6 is 15.9 Å². The molecule has 0 amide bonds. The summed E-state index contributed by atoms with van der Waals surface area (Å²) in [4.78, 5) is 24.0. The van der Waals surface area contributed by atoms with Crippen LogP contribution in [0.25, 0.3) is 0 Å². The Bertz CT molecular complexity index is 454. The zero-order valence-corrected chi connectivity index (χ0v) is 12.5. The Morgan fingerprint density at radius 2 is 2.11 bits per heavy atom. The average molecular weight is 331 g/mol. The molecule has 0 aliphatic heterocycles. The molecule has 0 aliphatic carbocycles. The monoisotopic (exact) mass is 330 g/mol.